The largest absolute Gasteiger partial charge is 0.486 e. The Morgan fingerprint density at radius 2 is 1.62 bits per heavy atom. The highest BCUT2D eigenvalue weighted by Crippen LogP contribution is 2.36. The van der Waals surface area contributed by atoms with Crippen molar-refractivity contribution in [3.05, 3.63) is 107 Å². The van der Waals surface area contributed by atoms with Gasteiger partial charge in [-0.2, -0.15) is 0 Å². The lowest BCUT2D eigenvalue weighted by atomic mass is 9.81. The lowest BCUT2D eigenvalue weighted by Gasteiger charge is -2.23. The number of nitrogens with one attached hydrogen (secondary N) is 1. The summed E-state index contributed by atoms with van der Waals surface area (Å²) in [6.07, 6.45) is 8.21. The van der Waals surface area contributed by atoms with Gasteiger partial charge in [0.25, 0.3) is 0 Å². The van der Waals surface area contributed by atoms with Crippen molar-refractivity contribution in [3.8, 4) is 11.5 Å². The predicted molar refractivity (Wildman–Crippen MR) is 132 cm³/mol. The molecule has 1 N–H and O–H groups in total. The first-order valence-corrected chi connectivity index (χ1v) is 11.5. The molecule has 5 heteroatoms. The maximum atomic E-state index is 13.6. The van der Waals surface area contributed by atoms with Crippen LogP contribution in [-0.4, -0.2) is 19.1 Å². The first-order chi connectivity index (χ1) is 16.5. The summed E-state index contributed by atoms with van der Waals surface area (Å²) in [6.45, 7) is 3.23. The molecule has 0 saturated heterocycles. The molecule has 1 unspecified atom stereocenters. The zero-order chi connectivity index (χ0) is 23.5. The molecule has 0 radical (unpaired) electrons. The van der Waals surface area contributed by atoms with Crippen LogP contribution >= 0.6 is 0 Å². The van der Waals surface area contributed by atoms with Crippen molar-refractivity contribution < 1.29 is 18.7 Å². The van der Waals surface area contributed by atoms with E-state index in [0.29, 0.717) is 36.0 Å². The van der Waals surface area contributed by atoms with Gasteiger partial charge in [-0.1, -0.05) is 55.5 Å². The number of carbonyl (C=O) groups is 1. The Hall–Kier alpha value is -3.86. The number of hydrogen-bond acceptors (Lipinski definition) is 3. The van der Waals surface area contributed by atoms with E-state index in [2.05, 4.69) is 36.5 Å². The molecule has 0 bridgehead atoms. The van der Waals surface area contributed by atoms with Crippen LogP contribution in [0.3, 0.4) is 0 Å². The van der Waals surface area contributed by atoms with Crippen molar-refractivity contribution in [2.75, 3.05) is 18.5 Å². The minimum atomic E-state index is -0.319. The van der Waals surface area contributed by atoms with Crippen LogP contribution in [0.1, 0.15) is 36.5 Å². The van der Waals surface area contributed by atoms with Gasteiger partial charge in [-0.25, -0.2) is 4.39 Å². The van der Waals surface area contributed by atoms with E-state index in [9.17, 15) is 9.18 Å². The Morgan fingerprint density at radius 1 is 0.941 bits per heavy atom. The van der Waals surface area contributed by atoms with E-state index in [1.165, 1.54) is 17.7 Å². The molecular formula is C29H26FNO3. The summed E-state index contributed by atoms with van der Waals surface area (Å²) < 4.78 is 24.7. The summed E-state index contributed by atoms with van der Waals surface area (Å²) in [5.41, 5.74) is 4.25. The quantitative estimate of drug-likeness (QED) is 0.364. The van der Waals surface area contributed by atoms with Gasteiger partial charge in [-0.3, -0.25) is 4.79 Å². The number of amides is 1. The molecular weight excluding hydrogens is 429 g/mol. The Bertz CT molecular complexity index is 1260. The van der Waals surface area contributed by atoms with Gasteiger partial charge in [0.1, 0.15) is 19.0 Å². The van der Waals surface area contributed by atoms with Crippen molar-refractivity contribution in [1.29, 1.82) is 0 Å². The molecule has 1 atom stereocenters. The van der Waals surface area contributed by atoms with Gasteiger partial charge in [-0.05, 0) is 59.4 Å². The maximum absolute atomic E-state index is 13.6. The fourth-order valence-corrected chi connectivity index (χ4v) is 4.47. The first kappa shape index (κ1) is 22.0. The van der Waals surface area contributed by atoms with E-state index in [0.717, 1.165) is 24.0 Å². The Kier molecular flexibility index (Phi) is 5.93. The molecule has 172 valence electrons. The van der Waals surface area contributed by atoms with Crippen molar-refractivity contribution >= 4 is 17.2 Å². The molecule has 1 aliphatic heterocycles. The van der Waals surface area contributed by atoms with Crippen LogP contribution in [0.25, 0.3) is 5.57 Å². The molecule has 0 aromatic heterocycles. The van der Waals surface area contributed by atoms with E-state index in [1.807, 2.05) is 12.1 Å². The summed E-state index contributed by atoms with van der Waals surface area (Å²) in [5, 5.41) is 2.90. The highest BCUT2D eigenvalue weighted by Gasteiger charge is 2.26. The minimum absolute atomic E-state index is 0.0356. The molecule has 3 aromatic carbocycles. The average molecular weight is 456 g/mol. The SMILES string of the molecule is CC1(c2ccc(/C(=C/C(=O)Nc3ccc4c(c3)OCCO4)c3ccc(F)cc3)cc2)C=CCC1. The van der Waals surface area contributed by atoms with Crippen molar-refractivity contribution in [3.63, 3.8) is 0 Å². The zero-order valence-corrected chi connectivity index (χ0v) is 19.0. The molecule has 1 heterocycles. The zero-order valence-electron chi connectivity index (χ0n) is 19.0. The second-order valence-electron chi connectivity index (χ2n) is 8.85. The lowest BCUT2D eigenvalue weighted by molar-refractivity contribution is -0.111. The summed E-state index contributed by atoms with van der Waals surface area (Å²) in [6, 6.07) is 19.8. The third kappa shape index (κ3) is 4.60. The molecule has 1 aliphatic carbocycles. The van der Waals surface area contributed by atoms with Crippen LogP contribution in [0, 0.1) is 5.82 Å². The van der Waals surface area contributed by atoms with Crippen molar-refractivity contribution in [2.24, 2.45) is 0 Å². The van der Waals surface area contributed by atoms with Crippen LogP contribution in [0.4, 0.5) is 10.1 Å². The average Bonchev–Trinajstić information content (AvgIpc) is 3.31. The van der Waals surface area contributed by atoms with Gasteiger partial charge >= 0.3 is 0 Å². The Morgan fingerprint density at radius 3 is 2.29 bits per heavy atom. The molecule has 1 amide bonds. The van der Waals surface area contributed by atoms with E-state index >= 15 is 0 Å². The Labute approximate surface area is 198 Å². The monoisotopic (exact) mass is 455 g/mol. The number of allylic oxidation sites excluding steroid dienone is 2. The molecule has 3 aromatic rings. The molecule has 2 aliphatic rings. The van der Waals surface area contributed by atoms with Gasteiger partial charge in [0, 0.05) is 23.2 Å². The number of fused-ring (bicyclic) bond motifs is 1. The third-order valence-electron chi connectivity index (χ3n) is 6.41. The Balaban J connectivity index is 1.44. The second kappa shape index (κ2) is 9.18. The molecule has 5 rings (SSSR count). The molecule has 0 fully saturated rings. The summed E-state index contributed by atoms with van der Waals surface area (Å²) in [7, 11) is 0. The van der Waals surface area contributed by atoms with Gasteiger partial charge in [-0.15, -0.1) is 0 Å². The number of ether oxygens (including phenoxy) is 2. The van der Waals surface area contributed by atoms with E-state index < -0.39 is 0 Å². The minimum Gasteiger partial charge on any atom is -0.486 e. The van der Waals surface area contributed by atoms with Gasteiger partial charge in [0.15, 0.2) is 11.5 Å². The molecule has 0 spiro atoms. The van der Waals surface area contributed by atoms with Crippen molar-refractivity contribution in [2.45, 2.75) is 25.2 Å². The van der Waals surface area contributed by atoms with Crippen molar-refractivity contribution in [1.82, 2.24) is 0 Å². The van der Waals surface area contributed by atoms with Crippen LogP contribution in [0.5, 0.6) is 11.5 Å². The third-order valence-corrected chi connectivity index (χ3v) is 6.41. The molecule has 4 nitrogen and oxygen atoms in total. The summed E-state index contributed by atoms with van der Waals surface area (Å²) in [4.78, 5) is 13.0. The first-order valence-electron chi connectivity index (χ1n) is 11.5. The van der Waals surface area contributed by atoms with Crippen LogP contribution in [-0.2, 0) is 10.2 Å². The summed E-state index contributed by atoms with van der Waals surface area (Å²) in [5.74, 6) is 0.667. The topological polar surface area (TPSA) is 47.6 Å². The number of carbonyl (C=O) groups excluding carboxylic acids is 1. The maximum Gasteiger partial charge on any atom is 0.249 e. The predicted octanol–water partition coefficient (Wildman–Crippen LogP) is 6.28. The molecule has 34 heavy (non-hydrogen) atoms. The number of rotatable bonds is 5. The fraction of sp³-hybridized carbons (Fsp3) is 0.207. The number of benzene rings is 3. The normalized spacial score (nSPS) is 19.2. The smallest absolute Gasteiger partial charge is 0.249 e. The number of hydrogen-bond donors (Lipinski definition) is 1. The number of halogens is 1. The highest BCUT2D eigenvalue weighted by molar-refractivity contribution is 6.06. The molecule has 0 saturated carbocycles. The summed E-state index contributed by atoms with van der Waals surface area (Å²) >= 11 is 0. The fourth-order valence-electron chi connectivity index (χ4n) is 4.47. The van der Waals surface area contributed by atoms with E-state index in [4.69, 9.17) is 9.47 Å². The lowest BCUT2D eigenvalue weighted by Crippen LogP contribution is -2.16. The van der Waals surface area contributed by atoms with Gasteiger partial charge in [0.05, 0.1) is 0 Å². The van der Waals surface area contributed by atoms with Crippen LogP contribution in [0.15, 0.2) is 85.0 Å². The van der Waals surface area contributed by atoms with Gasteiger partial charge in [0.2, 0.25) is 5.91 Å². The van der Waals surface area contributed by atoms with E-state index in [-0.39, 0.29) is 17.1 Å². The van der Waals surface area contributed by atoms with Gasteiger partial charge < -0.3 is 14.8 Å². The van der Waals surface area contributed by atoms with Crippen LogP contribution < -0.4 is 14.8 Å². The number of anilines is 1. The highest BCUT2D eigenvalue weighted by atomic mass is 19.1. The van der Waals surface area contributed by atoms with E-state index in [1.54, 1.807) is 36.4 Å². The second-order valence-corrected chi connectivity index (χ2v) is 8.85. The standard InChI is InChI=1S/C29H26FNO3/c1-29(14-2-3-15-29)22-8-4-20(5-9-22)25(21-6-10-23(30)11-7-21)19-28(32)31-24-12-13-26-27(18-24)34-17-16-33-26/h2,4-14,18-19H,3,15-17H2,1H3,(H,31,32)/b25-19-. The van der Waals surface area contributed by atoms with Crippen LogP contribution in [0.2, 0.25) is 0 Å².